The van der Waals surface area contributed by atoms with Gasteiger partial charge in [0.15, 0.2) is 5.96 Å². The van der Waals surface area contributed by atoms with Crippen molar-refractivity contribution in [2.24, 2.45) is 4.99 Å². The van der Waals surface area contributed by atoms with Crippen LogP contribution in [-0.2, 0) is 6.42 Å². The van der Waals surface area contributed by atoms with Gasteiger partial charge in [-0.05, 0) is 44.0 Å². The lowest BCUT2D eigenvalue weighted by molar-refractivity contribution is -0.132. The fourth-order valence-electron chi connectivity index (χ4n) is 2.63. The Morgan fingerprint density at radius 3 is 2.52 bits per heavy atom. The van der Waals surface area contributed by atoms with Gasteiger partial charge in [0.2, 0.25) is 11.7 Å². The van der Waals surface area contributed by atoms with Gasteiger partial charge in [0.05, 0.1) is 13.5 Å². The summed E-state index contributed by atoms with van der Waals surface area (Å²) in [5.74, 6) is 2.28. The molecule has 0 atom stereocenters. The summed E-state index contributed by atoms with van der Waals surface area (Å²) in [4.78, 5) is 8.70. The number of benzene rings is 1. The number of alkyl halides is 3. The molecule has 0 fully saturated rings. The number of rotatable bonds is 11. The molecule has 0 unspecified atom stereocenters. The van der Waals surface area contributed by atoms with Crippen molar-refractivity contribution in [2.75, 3.05) is 26.7 Å². The van der Waals surface area contributed by atoms with Crippen LogP contribution in [0.4, 0.5) is 13.2 Å². The predicted octanol–water partition coefficient (Wildman–Crippen LogP) is 4.58. The lowest BCUT2D eigenvalue weighted by atomic mass is 10.2. The Balaban J connectivity index is 0.00000480. The predicted molar refractivity (Wildman–Crippen MR) is 124 cm³/mol. The number of unbranched alkanes of at least 4 members (excludes halogenated alkanes) is 2. The molecule has 1 heterocycles. The summed E-state index contributed by atoms with van der Waals surface area (Å²) < 4.78 is 47.1. The number of aryl methyl sites for hydroxylation is 1. The van der Waals surface area contributed by atoms with Crippen LogP contribution in [0.3, 0.4) is 0 Å². The average Bonchev–Trinajstić information content (AvgIpc) is 3.18. The normalized spacial score (nSPS) is 11.7. The Kier molecular flexibility index (Phi) is 12.3. The van der Waals surface area contributed by atoms with Crippen LogP contribution in [-0.4, -0.2) is 49.0 Å². The van der Waals surface area contributed by atoms with Crippen molar-refractivity contribution in [3.63, 3.8) is 0 Å². The van der Waals surface area contributed by atoms with Crippen LogP contribution < -0.4 is 15.4 Å². The van der Waals surface area contributed by atoms with Gasteiger partial charge in [-0.1, -0.05) is 11.6 Å². The maximum atomic E-state index is 12.2. The van der Waals surface area contributed by atoms with Gasteiger partial charge in [0.1, 0.15) is 5.75 Å². The van der Waals surface area contributed by atoms with Gasteiger partial charge in [0.25, 0.3) is 0 Å². The van der Waals surface area contributed by atoms with E-state index in [2.05, 4.69) is 25.8 Å². The Hall–Kier alpha value is -2.05. The first-order chi connectivity index (χ1) is 14.4. The topological polar surface area (TPSA) is 84.6 Å². The molecule has 1 aromatic heterocycles. The van der Waals surface area contributed by atoms with E-state index in [1.54, 1.807) is 7.11 Å². The fraction of sp³-hybridized carbons (Fsp3) is 0.550. The highest BCUT2D eigenvalue weighted by Gasteiger charge is 2.26. The summed E-state index contributed by atoms with van der Waals surface area (Å²) in [6.45, 7) is 2.79. The third kappa shape index (κ3) is 10.7. The zero-order valence-electron chi connectivity index (χ0n) is 17.7. The molecule has 0 radical (unpaired) electrons. The van der Waals surface area contributed by atoms with E-state index < -0.39 is 12.6 Å². The van der Waals surface area contributed by atoms with Crippen molar-refractivity contribution in [3.05, 3.63) is 30.2 Å². The summed E-state index contributed by atoms with van der Waals surface area (Å²) in [5, 5.41) is 9.64. The molecule has 7 nitrogen and oxygen atoms in total. The van der Waals surface area contributed by atoms with E-state index in [0.29, 0.717) is 37.2 Å². The molecule has 2 aromatic rings. The summed E-state index contributed by atoms with van der Waals surface area (Å²) in [7, 11) is 1.61. The lowest BCUT2D eigenvalue weighted by Gasteiger charge is -2.12. The van der Waals surface area contributed by atoms with E-state index in [1.807, 2.05) is 31.2 Å². The van der Waals surface area contributed by atoms with Crippen LogP contribution >= 0.6 is 24.0 Å². The van der Waals surface area contributed by atoms with Crippen molar-refractivity contribution >= 4 is 29.9 Å². The molecule has 0 saturated heterocycles. The Morgan fingerprint density at radius 2 is 1.87 bits per heavy atom. The third-order valence-electron chi connectivity index (χ3n) is 4.18. The highest BCUT2D eigenvalue weighted by atomic mass is 127. The molecule has 0 saturated carbocycles. The smallest absolute Gasteiger partial charge is 0.390 e. The van der Waals surface area contributed by atoms with Crippen LogP contribution in [0.25, 0.3) is 11.4 Å². The zero-order valence-corrected chi connectivity index (χ0v) is 20.0. The Morgan fingerprint density at radius 1 is 1.13 bits per heavy atom. The first-order valence-electron chi connectivity index (χ1n) is 9.97. The monoisotopic (exact) mass is 555 g/mol. The molecule has 174 valence electrons. The minimum atomic E-state index is -4.17. The van der Waals surface area contributed by atoms with Crippen molar-refractivity contribution < 1.29 is 22.4 Å². The second-order valence-electron chi connectivity index (χ2n) is 6.60. The first kappa shape index (κ1) is 27.0. The molecule has 1 aromatic carbocycles. The number of hydrogen-bond acceptors (Lipinski definition) is 5. The summed E-state index contributed by atoms with van der Waals surface area (Å²) >= 11 is 0. The second-order valence-corrected chi connectivity index (χ2v) is 6.60. The number of halogens is 4. The molecule has 11 heteroatoms. The molecule has 0 spiro atoms. The number of nitrogens with zero attached hydrogens (tertiary/aromatic N) is 3. The van der Waals surface area contributed by atoms with Gasteiger partial charge in [-0.15, -0.1) is 24.0 Å². The van der Waals surface area contributed by atoms with Crippen LogP contribution in [0.1, 0.15) is 38.5 Å². The maximum absolute atomic E-state index is 12.2. The van der Waals surface area contributed by atoms with Crippen LogP contribution in [0.5, 0.6) is 5.75 Å². The SMILES string of the molecule is CCNC(=NCCCCCc1nc(-c2ccc(OC)cc2)no1)NCCC(F)(F)F.I. The number of aromatic nitrogens is 2. The van der Waals surface area contributed by atoms with E-state index in [0.717, 1.165) is 30.6 Å². The van der Waals surface area contributed by atoms with Crippen molar-refractivity contribution in [2.45, 2.75) is 45.2 Å². The maximum Gasteiger partial charge on any atom is 0.390 e. The zero-order chi connectivity index (χ0) is 21.8. The third-order valence-corrected chi connectivity index (χ3v) is 4.18. The van der Waals surface area contributed by atoms with Crippen LogP contribution in [0.2, 0.25) is 0 Å². The molecule has 2 N–H and O–H groups in total. The van der Waals surface area contributed by atoms with Gasteiger partial charge >= 0.3 is 6.18 Å². The molecule has 0 aliphatic heterocycles. The molecule has 0 aliphatic rings. The second kappa shape index (κ2) is 14.1. The summed E-state index contributed by atoms with van der Waals surface area (Å²) in [6, 6.07) is 7.42. The molecule has 2 rings (SSSR count). The van der Waals surface area contributed by atoms with Crippen LogP contribution in [0, 0.1) is 0 Å². The van der Waals surface area contributed by atoms with Crippen molar-refractivity contribution in [1.82, 2.24) is 20.8 Å². The highest BCUT2D eigenvalue weighted by Crippen LogP contribution is 2.20. The molecule has 0 aliphatic carbocycles. The quantitative estimate of drug-likeness (QED) is 0.183. The number of aliphatic imine (C=N–C) groups is 1. The Labute approximate surface area is 197 Å². The number of methoxy groups -OCH3 is 1. The van der Waals surface area contributed by atoms with Gasteiger partial charge < -0.3 is 19.9 Å². The molecule has 0 amide bonds. The Bertz CT molecular complexity index is 782. The van der Waals surface area contributed by atoms with Crippen molar-refractivity contribution in [1.29, 1.82) is 0 Å². The standard InChI is InChI=1S/C20H28F3N5O2.HI/c1-3-24-19(26-14-12-20(21,22)23)25-13-6-4-5-7-17-27-18(28-30-17)15-8-10-16(29-2)11-9-15;/h8-11H,3-7,12-14H2,1-2H3,(H2,24,25,26);1H. The fourth-order valence-corrected chi connectivity index (χ4v) is 2.63. The number of hydrogen-bond donors (Lipinski definition) is 2. The average molecular weight is 555 g/mol. The van der Waals surface area contributed by atoms with Crippen LogP contribution in [0.15, 0.2) is 33.8 Å². The number of ether oxygens (including phenoxy) is 1. The largest absolute Gasteiger partial charge is 0.497 e. The number of guanidine groups is 1. The molecule has 31 heavy (non-hydrogen) atoms. The highest BCUT2D eigenvalue weighted by molar-refractivity contribution is 14.0. The van der Waals surface area contributed by atoms with Gasteiger partial charge in [0, 0.05) is 31.6 Å². The molecular formula is C20H29F3IN5O2. The molecular weight excluding hydrogens is 526 g/mol. The minimum Gasteiger partial charge on any atom is -0.497 e. The lowest BCUT2D eigenvalue weighted by Crippen LogP contribution is -2.39. The summed E-state index contributed by atoms with van der Waals surface area (Å²) in [5.41, 5.74) is 0.856. The minimum absolute atomic E-state index is 0. The van der Waals surface area contributed by atoms with E-state index in [1.165, 1.54) is 0 Å². The van der Waals surface area contributed by atoms with Crippen molar-refractivity contribution in [3.8, 4) is 17.1 Å². The van der Waals surface area contributed by atoms with E-state index in [4.69, 9.17) is 9.26 Å². The van der Waals surface area contributed by atoms with Gasteiger partial charge in [-0.25, -0.2) is 0 Å². The van der Waals surface area contributed by atoms with Gasteiger partial charge in [-0.3, -0.25) is 4.99 Å². The number of nitrogens with one attached hydrogen (secondary N) is 2. The van der Waals surface area contributed by atoms with E-state index in [9.17, 15) is 13.2 Å². The van der Waals surface area contributed by atoms with E-state index in [-0.39, 0.29) is 30.5 Å². The van der Waals surface area contributed by atoms with Gasteiger partial charge in [-0.2, -0.15) is 18.2 Å². The summed E-state index contributed by atoms with van der Waals surface area (Å²) in [6.07, 6.45) is -1.83. The van der Waals surface area contributed by atoms with E-state index >= 15 is 0 Å². The molecule has 0 bridgehead atoms. The first-order valence-corrected chi connectivity index (χ1v) is 9.97.